The second-order valence-electron chi connectivity index (χ2n) is 10.1. The van der Waals surface area contributed by atoms with E-state index >= 15 is 0 Å². The zero-order chi connectivity index (χ0) is 29.7. The summed E-state index contributed by atoms with van der Waals surface area (Å²) in [5.74, 6) is 2.20. The number of alkyl halides is 3. The van der Waals surface area contributed by atoms with Gasteiger partial charge in [-0.05, 0) is 59.6 Å². The largest absolute Gasteiger partial charge is 0.573 e. The smallest absolute Gasteiger partial charge is 0.406 e. The van der Waals surface area contributed by atoms with Crippen LogP contribution in [0.25, 0.3) is 17.1 Å². The van der Waals surface area contributed by atoms with Gasteiger partial charge in [0.25, 0.3) is 0 Å². The molecule has 1 atom stereocenters. The monoisotopic (exact) mass is 597 g/mol. The molecule has 1 aliphatic heterocycles. The van der Waals surface area contributed by atoms with E-state index in [1.165, 1.54) is 40.2 Å². The quantitative estimate of drug-likeness (QED) is 0.178. The molecule has 0 bridgehead atoms. The molecule has 2 heterocycles. The average molecular weight is 598 g/mol. The van der Waals surface area contributed by atoms with E-state index in [0.29, 0.717) is 29.9 Å². The number of nitrogens with zero attached hydrogens (tertiary/aromatic N) is 4. The summed E-state index contributed by atoms with van der Waals surface area (Å²) in [5.41, 5.74) is 12.1. The standard InChI is InChI=1S/C30H34F3N7OS/c1-20(2)25-7-4-5-8-26(25)39-17-6-18-42-29(39)37-35-19-21-9-11-22(12-10-21)27-36-28(34-3)40(38-27)23-13-15-24(16-14-23)41-30(31,32)33/h4-5,7-16,20,29,35,37H,6,17-19H2,1-3H3,(H,34,36,38). The minimum absolute atomic E-state index is 0.125. The van der Waals surface area contributed by atoms with Crippen molar-refractivity contribution in [3.63, 3.8) is 0 Å². The maximum Gasteiger partial charge on any atom is 0.573 e. The zero-order valence-corrected chi connectivity index (χ0v) is 24.5. The number of rotatable bonds is 10. The van der Waals surface area contributed by atoms with E-state index in [-0.39, 0.29) is 11.2 Å². The van der Waals surface area contributed by atoms with Crippen LogP contribution in [0.1, 0.15) is 37.3 Å². The van der Waals surface area contributed by atoms with Crippen LogP contribution in [0.5, 0.6) is 5.75 Å². The highest BCUT2D eigenvalue weighted by Crippen LogP contribution is 2.33. The molecule has 3 N–H and O–H groups in total. The molecule has 1 unspecified atom stereocenters. The zero-order valence-electron chi connectivity index (χ0n) is 23.7. The minimum Gasteiger partial charge on any atom is -0.406 e. The Labute approximate surface area is 247 Å². The van der Waals surface area contributed by atoms with Crippen molar-refractivity contribution in [2.75, 3.05) is 29.6 Å². The highest BCUT2D eigenvalue weighted by Gasteiger charge is 2.31. The van der Waals surface area contributed by atoms with Crippen molar-refractivity contribution < 1.29 is 17.9 Å². The second-order valence-corrected chi connectivity index (χ2v) is 11.3. The van der Waals surface area contributed by atoms with Crippen molar-refractivity contribution in [3.8, 4) is 22.8 Å². The van der Waals surface area contributed by atoms with E-state index in [2.05, 4.69) is 74.0 Å². The average Bonchev–Trinajstić information content (AvgIpc) is 3.42. The summed E-state index contributed by atoms with van der Waals surface area (Å²) in [6.07, 6.45) is -3.60. The van der Waals surface area contributed by atoms with Crippen molar-refractivity contribution >= 4 is 23.4 Å². The van der Waals surface area contributed by atoms with E-state index in [1.54, 1.807) is 7.05 Å². The lowest BCUT2D eigenvalue weighted by atomic mass is 10.0. The van der Waals surface area contributed by atoms with Gasteiger partial charge in [0.1, 0.15) is 11.2 Å². The molecule has 0 spiro atoms. The van der Waals surface area contributed by atoms with Crippen molar-refractivity contribution in [1.29, 1.82) is 0 Å². The molecule has 0 amide bonds. The van der Waals surface area contributed by atoms with Crippen LogP contribution in [0.3, 0.4) is 0 Å². The second kappa shape index (κ2) is 13.1. The van der Waals surface area contributed by atoms with Gasteiger partial charge in [-0.15, -0.1) is 30.0 Å². The van der Waals surface area contributed by atoms with Crippen LogP contribution in [0.15, 0.2) is 72.8 Å². The molecular weight excluding hydrogens is 563 g/mol. The summed E-state index contributed by atoms with van der Waals surface area (Å²) in [4.78, 5) is 7.00. The third kappa shape index (κ3) is 7.18. The molecular formula is C30H34F3N7OS. The molecule has 12 heteroatoms. The van der Waals surface area contributed by atoms with E-state index < -0.39 is 6.36 Å². The molecule has 0 aliphatic carbocycles. The molecule has 42 heavy (non-hydrogen) atoms. The molecule has 1 saturated heterocycles. The molecule has 1 aromatic heterocycles. The fraction of sp³-hybridized carbons (Fsp3) is 0.333. The molecule has 8 nitrogen and oxygen atoms in total. The number of aromatic nitrogens is 3. The predicted octanol–water partition coefficient (Wildman–Crippen LogP) is 6.52. The van der Waals surface area contributed by atoms with Crippen LogP contribution < -0.4 is 25.8 Å². The highest BCUT2D eigenvalue weighted by molar-refractivity contribution is 8.00. The van der Waals surface area contributed by atoms with Crippen LogP contribution in [0.2, 0.25) is 0 Å². The lowest BCUT2D eigenvalue weighted by Gasteiger charge is -2.39. The number of anilines is 2. The van der Waals surface area contributed by atoms with Gasteiger partial charge in [-0.3, -0.25) is 5.43 Å². The SMILES string of the molecule is CNc1nc(-c2ccc(CNNC3SCCCN3c3ccccc3C(C)C)cc2)nn1-c1ccc(OC(F)(F)F)cc1. The minimum atomic E-state index is -4.75. The van der Waals surface area contributed by atoms with Gasteiger partial charge in [0, 0.05) is 31.4 Å². The van der Waals surface area contributed by atoms with Crippen LogP contribution in [0.4, 0.5) is 24.8 Å². The van der Waals surface area contributed by atoms with Crippen LogP contribution >= 0.6 is 11.8 Å². The van der Waals surface area contributed by atoms with E-state index in [1.807, 2.05) is 36.0 Å². The van der Waals surface area contributed by atoms with Crippen LogP contribution in [-0.4, -0.2) is 46.0 Å². The maximum absolute atomic E-state index is 12.5. The first kappa shape index (κ1) is 29.7. The third-order valence-corrected chi connectivity index (χ3v) is 8.06. The summed E-state index contributed by atoms with van der Waals surface area (Å²) in [5, 5.41) is 7.57. The van der Waals surface area contributed by atoms with Gasteiger partial charge >= 0.3 is 6.36 Å². The Bertz CT molecular complexity index is 1460. The molecule has 0 saturated carbocycles. The number of ether oxygens (including phenoxy) is 1. The fourth-order valence-electron chi connectivity index (χ4n) is 4.82. The van der Waals surface area contributed by atoms with Gasteiger partial charge < -0.3 is 15.0 Å². The number of hydrazine groups is 1. The van der Waals surface area contributed by atoms with Crippen molar-refractivity contribution in [2.45, 2.75) is 44.6 Å². The number of halogens is 3. The summed E-state index contributed by atoms with van der Waals surface area (Å²) in [6, 6.07) is 22.1. The van der Waals surface area contributed by atoms with Crippen molar-refractivity contribution in [3.05, 3.63) is 83.9 Å². The Kier molecular flexibility index (Phi) is 9.24. The first-order valence-corrected chi connectivity index (χ1v) is 14.8. The summed E-state index contributed by atoms with van der Waals surface area (Å²) in [7, 11) is 1.71. The Morgan fingerprint density at radius 2 is 1.76 bits per heavy atom. The molecule has 4 aromatic rings. The number of hydrogen-bond donors (Lipinski definition) is 3. The van der Waals surface area contributed by atoms with Crippen LogP contribution in [0, 0.1) is 0 Å². The first-order chi connectivity index (χ1) is 20.2. The molecule has 5 rings (SSSR count). The summed E-state index contributed by atoms with van der Waals surface area (Å²) >= 11 is 1.90. The first-order valence-electron chi connectivity index (χ1n) is 13.8. The summed E-state index contributed by atoms with van der Waals surface area (Å²) in [6.45, 7) is 6.10. The number of benzene rings is 3. The fourth-order valence-corrected chi connectivity index (χ4v) is 5.90. The molecule has 1 fully saturated rings. The Morgan fingerprint density at radius 3 is 2.45 bits per heavy atom. The summed E-state index contributed by atoms with van der Waals surface area (Å²) < 4.78 is 43.0. The van der Waals surface area contributed by atoms with E-state index in [9.17, 15) is 13.2 Å². The van der Waals surface area contributed by atoms with Crippen LogP contribution in [-0.2, 0) is 6.54 Å². The number of nitrogens with one attached hydrogen (secondary N) is 3. The normalized spacial score (nSPS) is 15.7. The van der Waals surface area contributed by atoms with Gasteiger partial charge in [-0.2, -0.15) is 9.67 Å². The third-order valence-electron chi connectivity index (χ3n) is 6.85. The molecule has 3 aromatic carbocycles. The number of thioether (sulfide) groups is 1. The molecule has 1 aliphatic rings. The predicted molar refractivity (Wildman–Crippen MR) is 162 cm³/mol. The highest BCUT2D eigenvalue weighted by atomic mass is 32.2. The molecule has 222 valence electrons. The van der Waals surface area contributed by atoms with Crippen molar-refractivity contribution in [1.82, 2.24) is 25.6 Å². The van der Waals surface area contributed by atoms with Gasteiger partial charge in [0.15, 0.2) is 5.82 Å². The van der Waals surface area contributed by atoms with Gasteiger partial charge in [-0.1, -0.05) is 56.3 Å². The Balaban J connectivity index is 1.22. The van der Waals surface area contributed by atoms with Crippen molar-refractivity contribution in [2.24, 2.45) is 0 Å². The Hall–Kier alpha value is -3.74. The lowest BCUT2D eigenvalue weighted by molar-refractivity contribution is -0.274. The number of hydrogen-bond acceptors (Lipinski definition) is 8. The number of para-hydroxylation sites is 1. The van der Waals surface area contributed by atoms with Gasteiger partial charge in [-0.25, -0.2) is 5.43 Å². The van der Waals surface area contributed by atoms with Gasteiger partial charge in [0.05, 0.1) is 5.69 Å². The van der Waals surface area contributed by atoms with Gasteiger partial charge in [0.2, 0.25) is 5.95 Å². The lowest BCUT2D eigenvalue weighted by Crippen LogP contribution is -2.52. The molecule has 0 radical (unpaired) electrons. The van der Waals surface area contributed by atoms with E-state index in [0.717, 1.165) is 29.8 Å². The Morgan fingerprint density at radius 1 is 1.02 bits per heavy atom. The maximum atomic E-state index is 12.5. The van der Waals surface area contributed by atoms with E-state index in [4.69, 9.17) is 0 Å². The topological polar surface area (TPSA) is 79.3 Å².